The number of rotatable bonds is 5. The van der Waals surface area contributed by atoms with Crippen molar-refractivity contribution in [2.45, 2.75) is 18.9 Å². The van der Waals surface area contributed by atoms with E-state index in [1.54, 1.807) is 30.7 Å². The van der Waals surface area contributed by atoms with Crippen molar-refractivity contribution in [2.75, 3.05) is 24.2 Å². The Labute approximate surface area is 167 Å². The molecule has 1 N–H and O–H groups in total. The number of hydrogen-bond donors (Lipinski definition) is 1. The molecule has 0 saturated carbocycles. The zero-order valence-corrected chi connectivity index (χ0v) is 16.6. The van der Waals surface area contributed by atoms with Crippen LogP contribution < -0.4 is 14.4 Å². The van der Waals surface area contributed by atoms with Crippen molar-refractivity contribution in [3.05, 3.63) is 52.3 Å². The number of piperidine rings is 1. The van der Waals surface area contributed by atoms with E-state index in [1.165, 1.54) is 11.9 Å². The number of benzene rings is 1. The van der Waals surface area contributed by atoms with Crippen LogP contribution in [0.4, 0.5) is 5.69 Å². The minimum absolute atomic E-state index is 0.0850. The Hall–Kier alpha value is -1.63. The van der Waals surface area contributed by atoms with E-state index in [4.69, 9.17) is 27.9 Å². The molecular formula is C18H19Cl2N3O2S. The fourth-order valence-electron chi connectivity index (χ4n) is 2.87. The lowest BCUT2D eigenvalue weighted by Gasteiger charge is -2.33. The highest BCUT2D eigenvalue weighted by Gasteiger charge is 2.22. The quantitative estimate of drug-likeness (QED) is 0.736. The molecule has 0 radical (unpaired) electrons. The summed E-state index contributed by atoms with van der Waals surface area (Å²) in [5.41, 5.74) is 1.54. The van der Waals surface area contributed by atoms with Crippen molar-refractivity contribution in [1.29, 1.82) is 0 Å². The maximum Gasteiger partial charge on any atom is 0.261 e. The van der Waals surface area contributed by atoms with Gasteiger partial charge in [0.1, 0.15) is 11.9 Å². The number of nitrogens with one attached hydrogen (secondary N) is 1. The predicted molar refractivity (Wildman–Crippen MR) is 108 cm³/mol. The van der Waals surface area contributed by atoms with Crippen molar-refractivity contribution in [1.82, 2.24) is 9.71 Å². The molecule has 26 heavy (non-hydrogen) atoms. The smallest absolute Gasteiger partial charge is 0.261 e. The molecule has 3 rings (SSSR count). The van der Waals surface area contributed by atoms with Crippen molar-refractivity contribution in [2.24, 2.45) is 0 Å². The standard InChI is InChI=1S/C18H19Cl2N3O2S/c1-26-22-18(24)12-2-3-17(16(20)8-12)25-15-4-6-23(7-5-15)14-9-13(19)10-21-11-14/h2-3,8-11,15H,4-7H2,1H3,(H,22,24). The van der Waals surface area contributed by atoms with Gasteiger partial charge in [-0.05, 0) is 24.3 Å². The van der Waals surface area contributed by atoms with E-state index < -0.39 is 0 Å². The Morgan fingerprint density at radius 2 is 2.04 bits per heavy atom. The Bertz CT molecular complexity index is 783. The number of anilines is 1. The summed E-state index contributed by atoms with van der Waals surface area (Å²) in [6.07, 6.45) is 7.08. The van der Waals surface area contributed by atoms with E-state index in [1.807, 2.05) is 12.3 Å². The number of pyridine rings is 1. The summed E-state index contributed by atoms with van der Waals surface area (Å²) >= 11 is 13.6. The van der Waals surface area contributed by atoms with Gasteiger partial charge in [-0.25, -0.2) is 0 Å². The number of carbonyl (C=O) groups is 1. The highest BCUT2D eigenvalue weighted by atomic mass is 35.5. The van der Waals surface area contributed by atoms with Crippen LogP contribution in [-0.2, 0) is 0 Å². The highest BCUT2D eigenvalue weighted by Crippen LogP contribution is 2.29. The fraction of sp³-hybridized carbons (Fsp3) is 0.333. The second-order valence-electron chi connectivity index (χ2n) is 5.95. The van der Waals surface area contributed by atoms with Gasteiger partial charge in [0.15, 0.2) is 0 Å². The lowest BCUT2D eigenvalue weighted by atomic mass is 10.1. The zero-order valence-electron chi connectivity index (χ0n) is 14.2. The van der Waals surface area contributed by atoms with Gasteiger partial charge in [-0.1, -0.05) is 35.1 Å². The second-order valence-corrected chi connectivity index (χ2v) is 7.40. The molecule has 1 aromatic carbocycles. The van der Waals surface area contributed by atoms with Crippen LogP contribution in [0.1, 0.15) is 23.2 Å². The first-order valence-electron chi connectivity index (χ1n) is 8.22. The first-order chi connectivity index (χ1) is 12.6. The minimum Gasteiger partial charge on any atom is -0.489 e. The summed E-state index contributed by atoms with van der Waals surface area (Å²) in [6, 6.07) is 7.03. The topological polar surface area (TPSA) is 54.5 Å². The average Bonchev–Trinajstić information content (AvgIpc) is 2.64. The van der Waals surface area contributed by atoms with Crippen LogP contribution in [0.3, 0.4) is 0 Å². The van der Waals surface area contributed by atoms with E-state index in [0.29, 0.717) is 21.4 Å². The Balaban J connectivity index is 1.58. The minimum atomic E-state index is -0.172. The number of nitrogens with zero attached hydrogens (tertiary/aromatic N) is 2. The van der Waals surface area contributed by atoms with Gasteiger partial charge < -0.3 is 9.64 Å². The van der Waals surface area contributed by atoms with E-state index in [0.717, 1.165) is 31.6 Å². The number of amides is 1. The van der Waals surface area contributed by atoms with Crippen molar-refractivity contribution < 1.29 is 9.53 Å². The maximum absolute atomic E-state index is 11.8. The van der Waals surface area contributed by atoms with Crippen LogP contribution in [0.2, 0.25) is 10.0 Å². The van der Waals surface area contributed by atoms with Crippen LogP contribution in [0.15, 0.2) is 36.7 Å². The zero-order chi connectivity index (χ0) is 18.5. The molecule has 1 aliphatic rings. The summed E-state index contributed by atoms with van der Waals surface area (Å²) < 4.78 is 8.72. The molecule has 0 unspecified atom stereocenters. The molecule has 1 aliphatic heterocycles. The molecule has 1 saturated heterocycles. The molecule has 8 heteroatoms. The molecule has 1 aromatic heterocycles. The summed E-state index contributed by atoms with van der Waals surface area (Å²) in [4.78, 5) is 18.2. The molecule has 0 spiro atoms. The van der Waals surface area contributed by atoms with Gasteiger partial charge in [0.2, 0.25) is 0 Å². The van der Waals surface area contributed by atoms with Gasteiger partial charge in [0.05, 0.1) is 21.9 Å². The van der Waals surface area contributed by atoms with Gasteiger partial charge in [-0.2, -0.15) is 0 Å². The van der Waals surface area contributed by atoms with Crippen LogP contribution in [0.5, 0.6) is 5.75 Å². The molecule has 2 heterocycles. The molecule has 1 fully saturated rings. The molecule has 0 bridgehead atoms. The third kappa shape index (κ3) is 4.75. The van der Waals surface area contributed by atoms with Gasteiger partial charge in [-0.3, -0.25) is 14.5 Å². The largest absolute Gasteiger partial charge is 0.489 e. The Morgan fingerprint density at radius 1 is 1.27 bits per heavy atom. The number of halogens is 2. The van der Waals surface area contributed by atoms with Crippen LogP contribution in [0.25, 0.3) is 0 Å². The monoisotopic (exact) mass is 411 g/mol. The van der Waals surface area contributed by atoms with Crippen molar-refractivity contribution >= 4 is 46.7 Å². The van der Waals surface area contributed by atoms with E-state index in [2.05, 4.69) is 14.6 Å². The van der Waals surface area contributed by atoms with E-state index in [9.17, 15) is 4.79 Å². The van der Waals surface area contributed by atoms with E-state index >= 15 is 0 Å². The predicted octanol–water partition coefficient (Wildman–Crippen LogP) is 4.44. The van der Waals surface area contributed by atoms with Gasteiger partial charge in [0, 0.05) is 43.9 Å². The molecule has 2 aromatic rings. The summed E-state index contributed by atoms with van der Waals surface area (Å²) in [5.74, 6) is 0.435. The molecular weight excluding hydrogens is 393 g/mol. The maximum atomic E-state index is 11.8. The van der Waals surface area contributed by atoms with Gasteiger partial charge >= 0.3 is 0 Å². The number of aromatic nitrogens is 1. The third-order valence-corrected chi connectivity index (χ3v) is 5.07. The summed E-state index contributed by atoms with van der Waals surface area (Å²) in [5, 5.41) is 1.08. The molecule has 138 valence electrons. The van der Waals surface area contributed by atoms with Gasteiger partial charge in [0.25, 0.3) is 5.91 Å². The third-order valence-electron chi connectivity index (χ3n) is 4.18. The van der Waals surface area contributed by atoms with Crippen LogP contribution >= 0.6 is 35.1 Å². The molecule has 5 nitrogen and oxygen atoms in total. The molecule has 0 aliphatic carbocycles. The Morgan fingerprint density at radius 3 is 2.69 bits per heavy atom. The Kier molecular flexibility index (Phi) is 6.51. The molecule has 0 atom stereocenters. The van der Waals surface area contributed by atoms with Crippen molar-refractivity contribution in [3.63, 3.8) is 0 Å². The second kappa shape index (κ2) is 8.84. The highest BCUT2D eigenvalue weighted by molar-refractivity contribution is 7.97. The lowest BCUT2D eigenvalue weighted by molar-refractivity contribution is 0.0984. The lowest BCUT2D eigenvalue weighted by Crippen LogP contribution is -2.38. The number of hydrogen-bond acceptors (Lipinski definition) is 5. The number of carbonyl (C=O) groups excluding carboxylic acids is 1. The van der Waals surface area contributed by atoms with E-state index in [-0.39, 0.29) is 12.0 Å². The normalized spacial score (nSPS) is 15.0. The summed E-state index contributed by atoms with van der Waals surface area (Å²) in [6.45, 7) is 1.72. The average molecular weight is 412 g/mol. The first-order valence-corrected chi connectivity index (χ1v) is 10.2. The fourth-order valence-corrected chi connectivity index (χ4v) is 3.57. The van der Waals surface area contributed by atoms with Crippen LogP contribution in [-0.4, -0.2) is 36.3 Å². The van der Waals surface area contributed by atoms with Gasteiger partial charge in [-0.15, -0.1) is 0 Å². The SMILES string of the molecule is CSNC(=O)c1ccc(OC2CCN(c3cncc(Cl)c3)CC2)c(Cl)c1. The first kappa shape index (κ1) is 19.1. The van der Waals surface area contributed by atoms with Crippen molar-refractivity contribution in [3.8, 4) is 5.75 Å². The van der Waals surface area contributed by atoms with Crippen LogP contribution in [0, 0.1) is 0 Å². The molecule has 1 amide bonds. The number of ether oxygens (including phenoxy) is 1. The summed E-state index contributed by atoms with van der Waals surface area (Å²) in [7, 11) is 0.